The van der Waals surface area contributed by atoms with Crippen LogP contribution in [0.4, 0.5) is 0 Å². The average molecular weight is 399 g/mol. The van der Waals surface area contributed by atoms with Gasteiger partial charge in [-0.1, -0.05) is 11.6 Å². The molecule has 0 bridgehead atoms. The van der Waals surface area contributed by atoms with Crippen LogP contribution in [0.25, 0.3) is 0 Å². The second-order valence-electron chi connectivity index (χ2n) is 7.49. The summed E-state index contributed by atoms with van der Waals surface area (Å²) in [6, 6.07) is 6.70. The van der Waals surface area contributed by atoms with Crippen molar-refractivity contribution in [3.05, 3.63) is 34.9 Å². The molecule has 2 fully saturated rings. The summed E-state index contributed by atoms with van der Waals surface area (Å²) in [5.74, 6) is -0.520. The van der Waals surface area contributed by atoms with Gasteiger partial charge in [0, 0.05) is 23.7 Å². The number of carbonyl (C=O) groups excluding carboxylic acids is 2. The Hall–Kier alpha value is -1.60. The molecule has 0 spiro atoms. The molecule has 0 radical (unpaired) electrons. The predicted molar refractivity (Wildman–Crippen MR) is 99.9 cm³/mol. The average Bonchev–Trinajstić information content (AvgIpc) is 2.88. The molecule has 2 saturated heterocycles. The minimum Gasteiger partial charge on any atom is -0.350 e. The minimum atomic E-state index is -3.08. The van der Waals surface area contributed by atoms with Crippen LogP contribution in [0.15, 0.2) is 24.3 Å². The van der Waals surface area contributed by atoms with Gasteiger partial charge in [-0.25, -0.2) is 8.42 Å². The normalized spacial score (nSPS) is 27.9. The quantitative estimate of drug-likeness (QED) is 0.842. The highest BCUT2D eigenvalue weighted by molar-refractivity contribution is 7.91. The van der Waals surface area contributed by atoms with Gasteiger partial charge in [-0.2, -0.15) is 0 Å². The van der Waals surface area contributed by atoms with Gasteiger partial charge < -0.3 is 10.2 Å². The fraction of sp³-hybridized carbons (Fsp3) is 0.556. The highest BCUT2D eigenvalue weighted by atomic mass is 35.5. The Kier molecular flexibility index (Phi) is 5.30. The van der Waals surface area contributed by atoms with E-state index in [1.807, 2.05) is 0 Å². The van der Waals surface area contributed by atoms with E-state index in [0.29, 0.717) is 36.5 Å². The Labute approximate surface area is 158 Å². The maximum absolute atomic E-state index is 12.7. The van der Waals surface area contributed by atoms with Crippen molar-refractivity contribution in [2.75, 3.05) is 24.6 Å². The van der Waals surface area contributed by atoms with Gasteiger partial charge in [0.05, 0.1) is 23.0 Å². The molecular formula is C18H23ClN2O4S. The molecule has 2 aliphatic rings. The highest BCUT2D eigenvalue weighted by Gasteiger charge is 2.41. The third-order valence-electron chi connectivity index (χ3n) is 5.10. The van der Waals surface area contributed by atoms with Gasteiger partial charge in [0.15, 0.2) is 9.84 Å². The smallest absolute Gasteiger partial charge is 0.253 e. The van der Waals surface area contributed by atoms with Gasteiger partial charge in [-0.15, -0.1) is 0 Å². The van der Waals surface area contributed by atoms with Crippen molar-refractivity contribution in [3.8, 4) is 0 Å². The molecule has 1 N–H and O–H groups in total. The molecule has 0 aromatic heterocycles. The van der Waals surface area contributed by atoms with E-state index in [0.717, 1.165) is 6.42 Å². The van der Waals surface area contributed by atoms with Crippen molar-refractivity contribution in [2.24, 2.45) is 5.92 Å². The predicted octanol–water partition coefficient (Wildman–Crippen LogP) is 1.89. The van der Waals surface area contributed by atoms with E-state index in [9.17, 15) is 18.0 Å². The number of nitrogens with zero attached hydrogens (tertiary/aromatic N) is 1. The summed E-state index contributed by atoms with van der Waals surface area (Å²) in [5, 5.41) is 3.48. The number of likely N-dealkylation sites (tertiary alicyclic amines) is 1. The Balaban J connectivity index is 1.63. The first-order valence-corrected chi connectivity index (χ1v) is 10.9. The fourth-order valence-electron chi connectivity index (χ4n) is 3.66. The van der Waals surface area contributed by atoms with Gasteiger partial charge in [0.1, 0.15) is 0 Å². The monoisotopic (exact) mass is 398 g/mol. The molecule has 2 aliphatic heterocycles. The Morgan fingerprint density at radius 1 is 1.27 bits per heavy atom. The lowest BCUT2D eigenvalue weighted by atomic mass is 9.94. The number of halogens is 1. The van der Waals surface area contributed by atoms with Gasteiger partial charge in [-0.05, 0) is 50.5 Å². The first-order chi connectivity index (χ1) is 12.2. The molecule has 0 saturated carbocycles. The van der Waals surface area contributed by atoms with E-state index in [4.69, 9.17) is 11.6 Å². The highest BCUT2D eigenvalue weighted by Crippen LogP contribution is 2.25. The molecule has 6 nitrogen and oxygen atoms in total. The zero-order valence-corrected chi connectivity index (χ0v) is 16.3. The topological polar surface area (TPSA) is 83.6 Å². The Bertz CT molecular complexity index is 809. The molecule has 0 aliphatic carbocycles. The molecule has 2 unspecified atom stereocenters. The number of rotatable bonds is 3. The second-order valence-corrected chi connectivity index (χ2v) is 10.1. The maximum Gasteiger partial charge on any atom is 0.253 e. The van der Waals surface area contributed by atoms with Gasteiger partial charge in [0.25, 0.3) is 5.91 Å². The molecule has 8 heteroatoms. The van der Waals surface area contributed by atoms with Crippen LogP contribution < -0.4 is 5.32 Å². The van der Waals surface area contributed by atoms with E-state index in [2.05, 4.69) is 5.32 Å². The molecule has 2 atom stereocenters. The van der Waals surface area contributed by atoms with E-state index < -0.39 is 15.4 Å². The van der Waals surface area contributed by atoms with E-state index in [1.54, 1.807) is 36.1 Å². The largest absolute Gasteiger partial charge is 0.350 e. The van der Waals surface area contributed by atoms with Gasteiger partial charge in [0.2, 0.25) is 5.91 Å². The SMILES string of the molecule is CC1(NC(=O)C2CCCN(C(=O)c3ccc(Cl)cc3)C2)CCS(=O)(=O)C1. The summed E-state index contributed by atoms with van der Waals surface area (Å²) >= 11 is 5.86. The lowest BCUT2D eigenvalue weighted by molar-refractivity contribution is -0.127. The molecule has 1 aromatic carbocycles. The zero-order valence-electron chi connectivity index (χ0n) is 14.7. The van der Waals surface area contributed by atoms with Crippen molar-refractivity contribution in [2.45, 2.75) is 31.7 Å². The minimum absolute atomic E-state index is 0.0219. The number of nitrogens with one attached hydrogen (secondary N) is 1. The number of piperidine rings is 1. The Morgan fingerprint density at radius 2 is 1.96 bits per heavy atom. The Morgan fingerprint density at radius 3 is 2.58 bits per heavy atom. The van der Waals surface area contributed by atoms with Crippen molar-refractivity contribution in [1.82, 2.24) is 10.2 Å². The van der Waals surface area contributed by atoms with Crippen molar-refractivity contribution in [3.63, 3.8) is 0 Å². The summed E-state index contributed by atoms with van der Waals surface area (Å²) < 4.78 is 23.4. The second kappa shape index (κ2) is 7.19. The van der Waals surface area contributed by atoms with Crippen LogP contribution in [-0.4, -0.2) is 55.3 Å². The number of carbonyl (C=O) groups is 2. The molecular weight excluding hydrogens is 376 g/mol. The van der Waals surface area contributed by atoms with Crippen molar-refractivity contribution < 1.29 is 18.0 Å². The standard InChI is InChI=1S/C18H23ClN2O4S/c1-18(8-10-26(24,25)12-18)20-16(22)14-3-2-9-21(11-14)17(23)13-4-6-15(19)7-5-13/h4-7,14H,2-3,8-12H2,1H3,(H,20,22). The number of hydrogen-bond donors (Lipinski definition) is 1. The van der Waals surface area contributed by atoms with Crippen LogP contribution >= 0.6 is 11.6 Å². The summed E-state index contributed by atoms with van der Waals surface area (Å²) in [4.78, 5) is 27.0. The maximum atomic E-state index is 12.7. The van der Waals surface area contributed by atoms with Gasteiger partial charge >= 0.3 is 0 Å². The van der Waals surface area contributed by atoms with Crippen LogP contribution in [0, 0.1) is 5.92 Å². The lowest BCUT2D eigenvalue weighted by Crippen LogP contribution is -2.52. The number of benzene rings is 1. The fourth-order valence-corrected chi connectivity index (χ4v) is 5.88. The third kappa shape index (κ3) is 4.38. The number of hydrogen-bond acceptors (Lipinski definition) is 4. The van der Waals surface area contributed by atoms with Crippen LogP contribution in [0.1, 0.15) is 36.5 Å². The molecule has 2 amide bonds. The van der Waals surface area contributed by atoms with Crippen LogP contribution in [0.2, 0.25) is 5.02 Å². The molecule has 3 rings (SSSR count). The molecule has 2 heterocycles. The van der Waals surface area contributed by atoms with Gasteiger partial charge in [-0.3, -0.25) is 9.59 Å². The summed E-state index contributed by atoms with van der Waals surface area (Å²) in [6.45, 7) is 2.72. The lowest BCUT2D eigenvalue weighted by Gasteiger charge is -2.34. The summed E-state index contributed by atoms with van der Waals surface area (Å²) in [5.41, 5.74) is -0.164. The first-order valence-electron chi connectivity index (χ1n) is 8.75. The number of sulfone groups is 1. The zero-order chi connectivity index (χ0) is 18.9. The first kappa shape index (κ1) is 19.2. The number of amides is 2. The van der Waals surface area contributed by atoms with Crippen LogP contribution in [-0.2, 0) is 14.6 Å². The van der Waals surface area contributed by atoms with E-state index in [1.165, 1.54) is 0 Å². The van der Waals surface area contributed by atoms with Crippen LogP contribution in [0.3, 0.4) is 0 Å². The molecule has 1 aromatic rings. The van der Waals surface area contributed by atoms with Crippen molar-refractivity contribution in [1.29, 1.82) is 0 Å². The van der Waals surface area contributed by atoms with E-state index in [-0.39, 0.29) is 29.2 Å². The summed E-state index contributed by atoms with van der Waals surface area (Å²) in [6.07, 6.45) is 1.87. The summed E-state index contributed by atoms with van der Waals surface area (Å²) in [7, 11) is -3.08. The molecule has 142 valence electrons. The van der Waals surface area contributed by atoms with E-state index >= 15 is 0 Å². The third-order valence-corrected chi connectivity index (χ3v) is 7.25. The van der Waals surface area contributed by atoms with Crippen LogP contribution in [0.5, 0.6) is 0 Å². The molecule has 26 heavy (non-hydrogen) atoms. The van der Waals surface area contributed by atoms with Crippen molar-refractivity contribution >= 4 is 33.3 Å².